The maximum absolute atomic E-state index is 12.7. The van der Waals surface area contributed by atoms with Gasteiger partial charge in [-0.2, -0.15) is 0 Å². The molecular formula is C20H22ClN3OS. The van der Waals surface area contributed by atoms with Gasteiger partial charge in [-0.1, -0.05) is 24.6 Å². The molecule has 26 heavy (non-hydrogen) atoms. The predicted octanol–water partition coefficient (Wildman–Crippen LogP) is 5.24. The van der Waals surface area contributed by atoms with Crippen LogP contribution in [0, 0.1) is 12.8 Å². The minimum Gasteiger partial charge on any atom is -0.375 e. The molecule has 0 fully saturated rings. The van der Waals surface area contributed by atoms with Gasteiger partial charge in [0.05, 0.1) is 11.4 Å². The molecule has 136 valence electrons. The summed E-state index contributed by atoms with van der Waals surface area (Å²) in [6.45, 7) is 6.24. The monoisotopic (exact) mass is 387 g/mol. The summed E-state index contributed by atoms with van der Waals surface area (Å²) < 4.78 is 0. The van der Waals surface area contributed by atoms with E-state index in [0.29, 0.717) is 11.7 Å². The highest BCUT2D eigenvalue weighted by atomic mass is 35.5. The molecule has 0 bridgehead atoms. The van der Waals surface area contributed by atoms with Gasteiger partial charge in [0.25, 0.3) is 5.56 Å². The molecule has 4 rings (SSSR count). The van der Waals surface area contributed by atoms with Crippen molar-refractivity contribution in [2.24, 2.45) is 5.92 Å². The van der Waals surface area contributed by atoms with Crippen LogP contribution >= 0.6 is 22.9 Å². The van der Waals surface area contributed by atoms with Crippen molar-refractivity contribution in [3.05, 3.63) is 55.4 Å². The van der Waals surface area contributed by atoms with E-state index in [2.05, 4.69) is 17.2 Å². The van der Waals surface area contributed by atoms with Crippen LogP contribution in [0.25, 0.3) is 10.2 Å². The molecule has 0 radical (unpaired) electrons. The first-order valence-electron chi connectivity index (χ1n) is 8.99. The van der Waals surface area contributed by atoms with E-state index >= 15 is 0 Å². The second-order valence-corrected chi connectivity index (χ2v) is 8.80. The van der Waals surface area contributed by atoms with Gasteiger partial charge < -0.3 is 10.3 Å². The summed E-state index contributed by atoms with van der Waals surface area (Å²) in [5, 5.41) is 4.89. The molecule has 3 aromatic rings. The lowest BCUT2D eigenvalue weighted by Gasteiger charge is -2.17. The van der Waals surface area contributed by atoms with Crippen LogP contribution in [-0.2, 0) is 12.8 Å². The molecule has 0 unspecified atom stereocenters. The first kappa shape index (κ1) is 17.6. The number of nitrogens with one attached hydrogen (secondary N) is 2. The Bertz CT molecular complexity index is 1040. The third-order valence-electron chi connectivity index (χ3n) is 5.15. The molecule has 6 heteroatoms. The lowest BCUT2D eigenvalue weighted by atomic mass is 9.89. The molecule has 0 saturated heterocycles. The van der Waals surface area contributed by atoms with Crippen molar-refractivity contribution in [2.45, 2.75) is 46.1 Å². The topological polar surface area (TPSA) is 57.8 Å². The largest absolute Gasteiger partial charge is 0.375 e. The SMILES string of the molecule is Cc1ccc(N[C@H](C)c2nc3sc4c(c3c(=O)[nH]2)CC[C@H](C)C4)cc1Cl. The van der Waals surface area contributed by atoms with Crippen molar-refractivity contribution < 1.29 is 0 Å². The number of halogens is 1. The van der Waals surface area contributed by atoms with Crippen molar-refractivity contribution in [3.8, 4) is 0 Å². The number of hydrogen-bond donors (Lipinski definition) is 2. The van der Waals surface area contributed by atoms with E-state index in [1.54, 1.807) is 11.3 Å². The lowest BCUT2D eigenvalue weighted by Crippen LogP contribution is -2.18. The summed E-state index contributed by atoms with van der Waals surface area (Å²) in [5.74, 6) is 1.34. The van der Waals surface area contributed by atoms with Crippen molar-refractivity contribution in [1.82, 2.24) is 9.97 Å². The third kappa shape index (κ3) is 3.14. The number of benzene rings is 1. The Labute approximate surface area is 161 Å². The number of fused-ring (bicyclic) bond motifs is 3. The van der Waals surface area contributed by atoms with E-state index < -0.39 is 0 Å². The summed E-state index contributed by atoms with van der Waals surface area (Å²) in [7, 11) is 0. The minimum atomic E-state index is -0.121. The molecule has 2 aromatic heterocycles. The average molecular weight is 388 g/mol. The molecule has 1 aromatic carbocycles. The minimum absolute atomic E-state index is 0.0207. The Morgan fingerprint density at radius 2 is 2.23 bits per heavy atom. The van der Waals surface area contributed by atoms with Crippen molar-refractivity contribution >= 4 is 38.8 Å². The first-order valence-corrected chi connectivity index (χ1v) is 10.2. The Balaban J connectivity index is 1.68. The molecule has 0 aliphatic heterocycles. The molecule has 2 N–H and O–H groups in total. The van der Waals surface area contributed by atoms with Crippen LogP contribution in [0.1, 0.15) is 48.1 Å². The average Bonchev–Trinajstić information content (AvgIpc) is 2.95. The highest BCUT2D eigenvalue weighted by Crippen LogP contribution is 2.36. The third-order valence-corrected chi connectivity index (χ3v) is 6.70. The zero-order valence-electron chi connectivity index (χ0n) is 15.1. The number of aromatic nitrogens is 2. The molecule has 0 spiro atoms. The van der Waals surface area contributed by atoms with E-state index in [9.17, 15) is 4.79 Å². The fourth-order valence-corrected chi connectivity index (χ4v) is 5.14. The smallest absolute Gasteiger partial charge is 0.259 e. The first-order chi connectivity index (χ1) is 12.4. The van der Waals surface area contributed by atoms with Crippen molar-refractivity contribution in [2.75, 3.05) is 5.32 Å². The molecule has 0 saturated carbocycles. The van der Waals surface area contributed by atoms with Gasteiger partial charge in [-0.15, -0.1) is 11.3 Å². The second-order valence-electron chi connectivity index (χ2n) is 7.31. The summed E-state index contributed by atoms with van der Waals surface area (Å²) in [6.07, 6.45) is 3.18. The fraction of sp³-hybridized carbons (Fsp3) is 0.400. The number of hydrogen-bond acceptors (Lipinski definition) is 4. The van der Waals surface area contributed by atoms with E-state index in [4.69, 9.17) is 16.6 Å². The van der Waals surface area contributed by atoms with Gasteiger partial charge in [0.2, 0.25) is 0 Å². The summed E-state index contributed by atoms with van der Waals surface area (Å²) in [4.78, 5) is 22.7. The number of rotatable bonds is 3. The van der Waals surface area contributed by atoms with E-state index in [-0.39, 0.29) is 11.6 Å². The molecule has 4 nitrogen and oxygen atoms in total. The Morgan fingerprint density at radius 1 is 1.42 bits per heavy atom. The highest BCUT2D eigenvalue weighted by Gasteiger charge is 2.23. The number of anilines is 1. The van der Waals surface area contributed by atoms with E-state index in [1.807, 2.05) is 32.0 Å². The number of thiophene rings is 1. The van der Waals surface area contributed by atoms with Crippen LogP contribution in [0.15, 0.2) is 23.0 Å². The summed E-state index contributed by atoms with van der Waals surface area (Å²) >= 11 is 7.88. The van der Waals surface area contributed by atoms with Gasteiger partial charge in [-0.05, 0) is 62.3 Å². The van der Waals surface area contributed by atoms with Crippen LogP contribution in [-0.4, -0.2) is 9.97 Å². The highest BCUT2D eigenvalue weighted by molar-refractivity contribution is 7.18. The fourth-order valence-electron chi connectivity index (χ4n) is 3.57. The molecular weight excluding hydrogens is 366 g/mol. The van der Waals surface area contributed by atoms with Gasteiger partial charge in [-0.3, -0.25) is 4.79 Å². The van der Waals surface area contributed by atoms with Gasteiger partial charge in [0.1, 0.15) is 10.7 Å². The van der Waals surface area contributed by atoms with Crippen LogP contribution in [0.2, 0.25) is 5.02 Å². The summed E-state index contributed by atoms with van der Waals surface area (Å²) in [5.41, 5.74) is 3.15. The number of nitrogens with zero attached hydrogens (tertiary/aromatic N) is 1. The molecule has 2 atom stereocenters. The summed E-state index contributed by atoms with van der Waals surface area (Å²) in [6, 6.07) is 5.74. The number of aryl methyl sites for hydroxylation is 2. The zero-order chi connectivity index (χ0) is 18.4. The van der Waals surface area contributed by atoms with Crippen LogP contribution in [0.3, 0.4) is 0 Å². The number of H-pyrrole nitrogens is 1. The normalized spacial score (nSPS) is 17.9. The molecule has 2 heterocycles. The maximum atomic E-state index is 12.7. The predicted molar refractivity (Wildman–Crippen MR) is 110 cm³/mol. The van der Waals surface area contributed by atoms with Gasteiger partial charge in [-0.25, -0.2) is 4.98 Å². The van der Waals surface area contributed by atoms with Crippen molar-refractivity contribution in [3.63, 3.8) is 0 Å². The number of aromatic amines is 1. The Kier molecular flexibility index (Phi) is 4.53. The van der Waals surface area contributed by atoms with Crippen LogP contribution in [0.5, 0.6) is 0 Å². The van der Waals surface area contributed by atoms with Crippen LogP contribution in [0.4, 0.5) is 5.69 Å². The maximum Gasteiger partial charge on any atom is 0.259 e. The second kappa shape index (κ2) is 6.71. The Morgan fingerprint density at radius 3 is 3.00 bits per heavy atom. The van der Waals surface area contributed by atoms with Gasteiger partial charge in [0, 0.05) is 15.6 Å². The van der Waals surface area contributed by atoms with Crippen LogP contribution < -0.4 is 10.9 Å². The van der Waals surface area contributed by atoms with E-state index in [1.165, 1.54) is 10.4 Å². The molecule has 1 aliphatic carbocycles. The van der Waals surface area contributed by atoms with E-state index in [0.717, 1.165) is 45.8 Å². The lowest BCUT2D eigenvalue weighted by molar-refractivity contribution is 0.509. The van der Waals surface area contributed by atoms with Crippen molar-refractivity contribution in [1.29, 1.82) is 0 Å². The molecule has 0 amide bonds. The quantitative estimate of drug-likeness (QED) is 0.645. The van der Waals surface area contributed by atoms with Gasteiger partial charge >= 0.3 is 0 Å². The standard InChI is InChI=1S/C20H22ClN3OS/c1-10-4-7-14-16(8-10)26-20-17(14)19(25)23-18(24-20)12(3)22-13-6-5-11(2)15(21)9-13/h5-6,9-10,12,22H,4,7-8H2,1-3H3,(H,23,24,25)/t10-,12+/m0/s1. The Hall–Kier alpha value is -1.85. The molecule has 1 aliphatic rings. The van der Waals surface area contributed by atoms with Gasteiger partial charge in [0.15, 0.2) is 0 Å². The zero-order valence-corrected chi connectivity index (χ0v) is 16.7.